The lowest BCUT2D eigenvalue weighted by Crippen LogP contribution is -2.38. The molecule has 0 amide bonds. The molecule has 0 aliphatic carbocycles. The Kier molecular flexibility index (Phi) is 4.89. The first-order chi connectivity index (χ1) is 12.0. The van der Waals surface area contributed by atoms with Gasteiger partial charge in [-0.25, -0.2) is 0 Å². The normalized spacial score (nSPS) is 14.9. The molecule has 8 nitrogen and oxygen atoms in total. The van der Waals surface area contributed by atoms with Crippen LogP contribution in [0.3, 0.4) is 0 Å². The van der Waals surface area contributed by atoms with E-state index in [4.69, 9.17) is 4.74 Å². The monoisotopic (exact) mass is 346 g/mol. The van der Waals surface area contributed by atoms with Crippen molar-refractivity contribution in [2.24, 2.45) is 0 Å². The highest BCUT2D eigenvalue weighted by Crippen LogP contribution is 2.38. The molecule has 1 aliphatic heterocycles. The summed E-state index contributed by atoms with van der Waals surface area (Å²) >= 11 is 0. The highest BCUT2D eigenvalue weighted by Gasteiger charge is 2.24. The topological polar surface area (TPSA) is 93.7 Å². The summed E-state index contributed by atoms with van der Waals surface area (Å²) in [6.07, 6.45) is 3.83. The third-order valence-corrected chi connectivity index (χ3v) is 4.53. The van der Waals surface area contributed by atoms with E-state index < -0.39 is 11.0 Å². The molecular formula is C17H22N4O4. The van der Waals surface area contributed by atoms with Crippen molar-refractivity contribution >= 4 is 11.4 Å². The zero-order chi connectivity index (χ0) is 18.0. The average molecular weight is 346 g/mol. The molecule has 8 heteroatoms. The summed E-state index contributed by atoms with van der Waals surface area (Å²) in [5.41, 5.74) is 3.44. The molecule has 3 rings (SSSR count). The average Bonchev–Trinajstić information content (AvgIpc) is 3.04. The van der Waals surface area contributed by atoms with E-state index in [0.717, 1.165) is 30.8 Å². The van der Waals surface area contributed by atoms with Gasteiger partial charge in [0.05, 0.1) is 30.4 Å². The molecule has 1 aromatic carbocycles. The Morgan fingerprint density at radius 1 is 1.44 bits per heavy atom. The fourth-order valence-electron chi connectivity index (χ4n) is 3.36. The molecule has 1 aromatic heterocycles. The fraction of sp³-hybridized carbons (Fsp3) is 0.471. The lowest BCUT2D eigenvalue weighted by Gasteiger charge is -2.34. The number of fused-ring (bicyclic) bond motifs is 1. The number of benzene rings is 1. The Hall–Kier alpha value is -2.61. The maximum Gasteiger partial charge on any atom is 0.306 e. The van der Waals surface area contributed by atoms with Gasteiger partial charge in [0.25, 0.3) is 0 Å². The van der Waals surface area contributed by atoms with Crippen molar-refractivity contribution < 1.29 is 14.8 Å². The number of aliphatic hydroxyl groups is 1. The SMILES string of the molecule is COc1ccc(C)c2c1N(CC(O)Cn1cc([N+](=O)[O-])cn1)CCC2. The van der Waals surface area contributed by atoms with Crippen LogP contribution in [0.15, 0.2) is 24.5 Å². The molecule has 0 radical (unpaired) electrons. The molecule has 134 valence electrons. The van der Waals surface area contributed by atoms with Gasteiger partial charge in [0.2, 0.25) is 0 Å². The molecule has 1 unspecified atom stereocenters. The van der Waals surface area contributed by atoms with E-state index in [1.807, 2.05) is 6.07 Å². The van der Waals surface area contributed by atoms with Gasteiger partial charge in [-0.2, -0.15) is 5.10 Å². The largest absolute Gasteiger partial charge is 0.495 e. The minimum atomic E-state index is -0.698. The summed E-state index contributed by atoms with van der Waals surface area (Å²) in [5, 5.41) is 25.1. The number of aliphatic hydroxyl groups excluding tert-OH is 1. The number of nitro groups is 1. The van der Waals surface area contributed by atoms with Gasteiger partial charge < -0.3 is 14.7 Å². The van der Waals surface area contributed by atoms with Gasteiger partial charge in [0.1, 0.15) is 18.1 Å². The van der Waals surface area contributed by atoms with E-state index in [-0.39, 0.29) is 12.2 Å². The van der Waals surface area contributed by atoms with Crippen LogP contribution in [0, 0.1) is 17.0 Å². The number of ether oxygens (including phenoxy) is 1. The van der Waals surface area contributed by atoms with E-state index >= 15 is 0 Å². The summed E-state index contributed by atoms with van der Waals surface area (Å²) < 4.78 is 6.92. The summed E-state index contributed by atoms with van der Waals surface area (Å²) in [6, 6.07) is 4.01. The van der Waals surface area contributed by atoms with Gasteiger partial charge in [-0.05, 0) is 37.0 Å². The number of nitrogens with zero attached hydrogens (tertiary/aromatic N) is 4. The number of hydrogen-bond acceptors (Lipinski definition) is 6. The van der Waals surface area contributed by atoms with Crippen LogP contribution in [-0.4, -0.2) is 46.1 Å². The molecule has 0 saturated heterocycles. The van der Waals surface area contributed by atoms with Crippen molar-refractivity contribution in [3.05, 3.63) is 45.8 Å². The lowest BCUT2D eigenvalue weighted by atomic mass is 9.96. The quantitative estimate of drug-likeness (QED) is 0.634. The van der Waals surface area contributed by atoms with Crippen molar-refractivity contribution in [2.45, 2.75) is 32.4 Å². The van der Waals surface area contributed by atoms with E-state index in [1.54, 1.807) is 7.11 Å². The highest BCUT2D eigenvalue weighted by molar-refractivity contribution is 5.67. The summed E-state index contributed by atoms with van der Waals surface area (Å²) in [5.74, 6) is 0.808. The van der Waals surface area contributed by atoms with Crippen LogP contribution in [0.1, 0.15) is 17.5 Å². The maximum absolute atomic E-state index is 10.7. The fourth-order valence-corrected chi connectivity index (χ4v) is 3.36. The standard InChI is InChI=1S/C17H22N4O4/c1-12-5-6-16(25-2)17-15(12)4-3-7-19(17)10-14(22)11-20-9-13(8-18-20)21(23)24/h5-6,8-9,14,22H,3-4,7,10-11H2,1-2H3. The second-order valence-corrected chi connectivity index (χ2v) is 6.29. The van der Waals surface area contributed by atoms with Crippen molar-refractivity contribution in [1.82, 2.24) is 9.78 Å². The minimum absolute atomic E-state index is 0.0761. The summed E-state index contributed by atoms with van der Waals surface area (Å²) in [7, 11) is 1.65. The summed E-state index contributed by atoms with van der Waals surface area (Å²) in [6.45, 7) is 3.54. The predicted octanol–water partition coefficient (Wildman–Crippen LogP) is 1.92. The van der Waals surface area contributed by atoms with Gasteiger partial charge in [0.15, 0.2) is 0 Å². The molecule has 0 spiro atoms. The number of rotatable bonds is 6. The van der Waals surface area contributed by atoms with Crippen molar-refractivity contribution in [2.75, 3.05) is 25.1 Å². The van der Waals surface area contributed by atoms with Crippen molar-refractivity contribution in [3.8, 4) is 5.75 Å². The first kappa shape index (κ1) is 17.2. The Labute approximate surface area is 145 Å². The Balaban J connectivity index is 1.75. The molecule has 2 heterocycles. The van der Waals surface area contributed by atoms with Crippen LogP contribution in [0.2, 0.25) is 0 Å². The van der Waals surface area contributed by atoms with E-state index in [2.05, 4.69) is 23.0 Å². The van der Waals surface area contributed by atoms with Gasteiger partial charge in [0, 0.05) is 13.1 Å². The Morgan fingerprint density at radius 3 is 2.92 bits per heavy atom. The Morgan fingerprint density at radius 2 is 2.24 bits per heavy atom. The predicted molar refractivity (Wildman–Crippen MR) is 93.2 cm³/mol. The molecule has 1 aliphatic rings. The highest BCUT2D eigenvalue weighted by atomic mass is 16.6. The van der Waals surface area contributed by atoms with Crippen molar-refractivity contribution in [1.29, 1.82) is 0 Å². The molecule has 0 bridgehead atoms. The smallest absolute Gasteiger partial charge is 0.306 e. The van der Waals surface area contributed by atoms with Gasteiger partial charge >= 0.3 is 5.69 Å². The number of anilines is 1. The van der Waals surface area contributed by atoms with Crippen LogP contribution < -0.4 is 9.64 Å². The number of methoxy groups -OCH3 is 1. The van der Waals surface area contributed by atoms with E-state index in [1.165, 1.54) is 28.2 Å². The van der Waals surface area contributed by atoms with Gasteiger partial charge in [-0.3, -0.25) is 14.8 Å². The van der Waals surface area contributed by atoms with Crippen LogP contribution in [0.4, 0.5) is 11.4 Å². The second kappa shape index (κ2) is 7.10. The second-order valence-electron chi connectivity index (χ2n) is 6.29. The number of aryl methyl sites for hydroxylation is 1. The molecule has 0 fully saturated rings. The zero-order valence-electron chi connectivity index (χ0n) is 14.4. The van der Waals surface area contributed by atoms with Gasteiger partial charge in [-0.1, -0.05) is 6.07 Å². The Bertz CT molecular complexity index is 774. The zero-order valence-corrected chi connectivity index (χ0v) is 14.4. The number of aromatic nitrogens is 2. The molecule has 25 heavy (non-hydrogen) atoms. The van der Waals surface area contributed by atoms with Crippen LogP contribution in [0.25, 0.3) is 0 Å². The number of β-amino-alcohol motifs (C(OH)–C–C–N with tert-alkyl or cyclic N) is 1. The lowest BCUT2D eigenvalue weighted by molar-refractivity contribution is -0.385. The summed E-state index contributed by atoms with van der Waals surface area (Å²) in [4.78, 5) is 12.4. The van der Waals surface area contributed by atoms with E-state index in [0.29, 0.717) is 6.54 Å². The third-order valence-electron chi connectivity index (χ3n) is 4.53. The molecule has 0 saturated carbocycles. The first-order valence-corrected chi connectivity index (χ1v) is 8.26. The van der Waals surface area contributed by atoms with E-state index in [9.17, 15) is 15.2 Å². The molecule has 1 atom stereocenters. The van der Waals surface area contributed by atoms with Crippen LogP contribution >= 0.6 is 0 Å². The van der Waals surface area contributed by atoms with Crippen LogP contribution in [0.5, 0.6) is 5.75 Å². The maximum atomic E-state index is 10.7. The van der Waals surface area contributed by atoms with Crippen molar-refractivity contribution in [3.63, 3.8) is 0 Å². The molecular weight excluding hydrogens is 324 g/mol. The van der Waals surface area contributed by atoms with Crippen LogP contribution in [-0.2, 0) is 13.0 Å². The third kappa shape index (κ3) is 3.58. The minimum Gasteiger partial charge on any atom is -0.495 e. The molecule has 2 aromatic rings. The molecule has 1 N–H and O–H groups in total. The number of hydrogen-bond donors (Lipinski definition) is 1. The first-order valence-electron chi connectivity index (χ1n) is 8.26. The van der Waals surface area contributed by atoms with Gasteiger partial charge in [-0.15, -0.1) is 0 Å².